The third kappa shape index (κ3) is 10.4. The third-order valence-electron chi connectivity index (χ3n) is 6.07. The van der Waals surface area contributed by atoms with Gasteiger partial charge >= 0.3 is 0 Å². The van der Waals surface area contributed by atoms with Crippen LogP contribution in [0.25, 0.3) is 0 Å². The zero-order valence-electron chi connectivity index (χ0n) is 23.2. The van der Waals surface area contributed by atoms with E-state index in [2.05, 4.69) is 26.6 Å². The molecule has 232 valence electrons. The Balaban J connectivity index is 1.24. The summed E-state index contributed by atoms with van der Waals surface area (Å²) in [6, 6.07) is 3.35. The summed E-state index contributed by atoms with van der Waals surface area (Å²) < 4.78 is 32.4. The molecule has 2 aliphatic heterocycles. The molecule has 3 rings (SSSR count). The van der Waals surface area contributed by atoms with Crippen molar-refractivity contribution >= 4 is 45.5 Å². The minimum absolute atomic E-state index is 0.0186. The van der Waals surface area contributed by atoms with E-state index in [9.17, 15) is 24.0 Å². The SMILES string of the molecule is O=C(COc1cccc2c1C(=O)N(C1CCC(=O)NC1=O)C2=O)NCCOCCOCCOCCOCCOCCBr. The number of benzene rings is 1. The van der Waals surface area contributed by atoms with Gasteiger partial charge in [-0.2, -0.15) is 0 Å². The molecule has 1 aromatic rings. The zero-order valence-corrected chi connectivity index (χ0v) is 24.8. The molecule has 1 saturated heterocycles. The number of carbonyl (C=O) groups excluding carboxylic acids is 5. The summed E-state index contributed by atoms with van der Waals surface area (Å²) >= 11 is 3.28. The molecule has 42 heavy (non-hydrogen) atoms. The van der Waals surface area contributed by atoms with Crippen LogP contribution >= 0.6 is 15.9 Å². The summed E-state index contributed by atoms with van der Waals surface area (Å²) in [4.78, 5) is 62.7. The maximum atomic E-state index is 13.1. The Labute approximate surface area is 251 Å². The van der Waals surface area contributed by atoms with Crippen LogP contribution in [0.5, 0.6) is 5.75 Å². The lowest BCUT2D eigenvalue weighted by Crippen LogP contribution is -2.54. The summed E-state index contributed by atoms with van der Waals surface area (Å²) in [6.07, 6.45) is 0.0626. The van der Waals surface area contributed by atoms with E-state index in [0.717, 1.165) is 10.2 Å². The Morgan fingerprint density at radius 3 is 2.05 bits per heavy atom. The number of alkyl halides is 1. The van der Waals surface area contributed by atoms with Crippen molar-refractivity contribution in [3.05, 3.63) is 29.3 Å². The molecule has 0 spiro atoms. The number of hydrogen-bond donors (Lipinski definition) is 2. The Hall–Kier alpha value is -2.95. The van der Waals surface area contributed by atoms with Gasteiger partial charge in [0.15, 0.2) is 6.61 Å². The van der Waals surface area contributed by atoms with E-state index >= 15 is 0 Å². The number of hydrogen-bond acceptors (Lipinski definition) is 11. The van der Waals surface area contributed by atoms with Crippen LogP contribution in [0, 0.1) is 0 Å². The van der Waals surface area contributed by atoms with Crippen molar-refractivity contribution in [2.45, 2.75) is 18.9 Å². The number of ether oxygens (including phenoxy) is 6. The molecule has 1 atom stereocenters. The lowest BCUT2D eigenvalue weighted by atomic mass is 10.0. The molecular formula is C27H36BrN3O11. The minimum Gasteiger partial charge on any atom is -0.483 e. The number of nitrogens with zero attached hydrogens (tertiary/aromatic N) is 1. The molecule has 1 aromatic carbocycles. The average Bonchev–Trinajstić information content (AvgIpc) is 3.23. The van der Waals surface area contributed by atoms with Gasteiger partial charge in [-0.05, 0) is 18.6 Å². The van der Waals surface area contributed by atoms with Gasteiger partial charge in [0.2, 0.25) is 11.8 Å². The monoisotopic (exact) mass is 657 g/mol. The van der Waals surface area contributed by atoms with E-state index in [-0.39, 0.29) is 42.9 Å². The first kappa shape index (κ1) is 33.6. The van der Waals surface area contributed by atoms with Crippen molar-refractivity contribution in [1.29, 1.82) is 0 Å². The van der Waals surface area contributed by atoms with E-state index in [4.69, 9.17) is 28.4 Å². The smallest absolute Gasteiger partial charge is 0.266 e. The number of piperidine rings is 1. The Morgan fingerprint density at radius 1 is 0.857 bits per heavy atom. The van der Waals surface area contributed by atoms with Crippen molar-refractivity contribution in [1.82, 2.24) is 15.5 Å². The molecular weight excluding hydrogens is 622 g/mol. The highest BCUT2D eigenvalue weighted by Crippen LogP contribution is 2.33. The first-order chi connectivity index (χ1) is 20.4. The lowest BCUT2D eigenvalue weighted by molar-refractivity contribution is -0.136. The number of imide groups is 2. The van der Waals surface area contributed by atoms with E-state index in [1.165, 1.54) is 18.2 Å². The molecule has 0 saturated carbocycles. The Kier molecular flexibility index (Phi) is 14.8. The van der Waals surface area contributed by atoms with Crippen LogP contribution in [0.2, 0.25) is 0 Å². The molecule has 0 aromatic heterocycles. The van der Waals surface area contributed by atoms with Crippen molar-refractivity contribution in [2.24, 2.45) is 0 Å². The zero-order chi connectivity index (χ0) is 30.2. The Bertz CT molecular complexity index is 1090. The number of nitrogens with one attached hydrogen (secondary N) is 2. The second-order valence-electron chi connectivity index (χ2n) is 9.02. The first-order valence-corrected chi connectivity index (χ1v) is 14.7. The number of rotatable bonds is 21. The summed E-state index contributed by atoms with van der Waals surface area (Å²) in [5, 5.41) is 5.59. The summed E-state index contributed by atoms with van der Waals surface area (Å²) in [6.45, 7) is 4.41. The highest BCUT2D eigenvalue weighted by molar-refractivity contribution is 9.09. The van der Waals surface area contributed by atoms with Crippen molar-refractivity contribution < 1.29 is 52.4 Å². The van der Waals surface area contributed by atoms with E-state index in [1.807, 2.05) is 0 Å². The fourth-order valence-corrected chi connectivity index (χ4v) is 4.33. The molecule has 5 amide bonds. The largest absolute Gasteiger partial charge is 0.483 e. The maximum Gasteiger partial charge on any atom is 0.266 e. The van der Waals surface area contributed by atoms with Gasteiger partial charge in [-0.3, -0.25) is 34.2 Å². The van der Waals surface area contributed by atoms with E-state index in [1.54, 1.807) is 0 Å². The first-order valence-electron chi connectivity index (χ1n) is 13.6. The number of amides is 5. The van der Waals surface area contributed by atoms with Gasteiger partial charge < -0.3 is 33.7 Å². The molecule has 2 aliphatic rings. The molecule has 0 radical (unpaired) electrons. The van der Waals surface area contributed by atoms with Crippen LogP contribution in [-0.4, -0.2) is 125 Å². The summed E-state index contributed by atoms with van der Waals surface area (Å²) in [5.74, 6) is -2.91. The van der Waals surface area contributed by atoms with E-state index < -0.39 is 42.2 Å². The Morgan fingerprint density at radius 2 is 1.45 bits per heavy atom. The summed E-state index contributed by atoms with van der Waals surface area (Å²) in [5.41, 5.74) is 0.0507. The molecule has 2 heterocycles. The highest BCUT2D eigenvalue weighted by atomic mass is 79.9. The fourth-order valence-electron chi connectivity index (χ4n) is 4.10. The number of halogens is 1. The van der Waals surface area contributed by atoms with Crippen LogP contribution in [0.15, 0.2) is 18.2 Å². The van der Waals surface area contributed by atoms with Crippen LogP contribution in [0.3, 0.4) is 0 Å². The third-order valence-corrected chi connectivity index (χ3v) is 6.39. The van der Waals surface area contributed by atoms with Gasteiger partial charge in [-0.15, -0.1) is 0 Å². The molecule has 15 heteroatoms. The molecule has 2 N–H and O–H groups in total. The summed E-state index contributed by atoms with van der Waals surface area (Å²) in [7, 11) is 0. The van der Waals surface area contributed by atoms with Gasteiger partial charge in [0.05, 0.1) is 77.2 Å². The topological polar surface area (TPSA) is 168 Å². The van der Waals surface area contributed by atoms with Crippen molar-refractivity contribution in [3.8, 4) is 5.75 Å². The highest BCUT2D eigenvalue weighted by Gasteiger charge is 2.46. The van der Waals surface area contributed by atoms with Crippen LogP contribution in [-0.2, 0) is 38.1 Å². The second kappa shape index (κ2) is 18.6. The number of carbonyl (C=O) groups is 5. The van der Waals surface area contributed by atoms with Crippen LogP contribution in [0.1, 0.15) is 33.6 Å². The van der Waals surface area contributed by atoms with Gasteiger partial charge in [-0.1, -0.05) is 22.0 Å². The quantitative estimate of drug-likeness (QED) is 0.104. The van der Waals surface area contributed by atoms with Crippen LogP contribution < -0.4 is 15.4 Å². The molecule has 1 fully saturated rings. The predicted octanol–water partition coefficient (Wildman–Crippen LogP) is 0.0607. The van der Waals surface area contributed by atoms with Crippen molar-refractivity contribution in [3.63, 3.8) is 0 Å². The van der Waals surface area contributed by atoms with Crippen LogP contribution in [0.4, 0.5) is 0 Å². The molecule has 0 bridgehead atoms. The molecule has 1 unspecified atom stereocenters. The van der Waals surface area contributed by atoms with Gasteiger partial charge in [-0.25, -0.2) is 0 Å². The standard InChI is InChI=1S/C27H36BrN3O11/c28-6-8-37-10-12-39-14-16-41-17-15-40-13-11-38-9-7-29-23(33)18-42-21-3-1-2-19-24(21)27(36)31(26(19)35)20-4-5-22(32)30-25(20)34/h1-3,20H,4-18H2,(H,29,33)(H,30,32,34). The van der Waals surface area contributed by atoms with Gasteiger partial charge in [0, 0.05) is 18.3 Å². The average molecular weight is 658 g/mol. The predicted molar refractivity (Wildman–Crippen MR) is 150 cm³/mol. The molecule has 0 aliphatic carbocycles. The molecule has 14 nitrogen and oxygen atoms in total. The van der Waals surface area contributed by atoms with Crippen molar-refractivity contribution in [2.75, 3.05) is 84.6 Å². The number of fused-ring (bicyclic) bond motifs is 1. The second-order valence-corrected chi connectivity index (χ2v) is 9.81. The fraction of sp³-hybridized carbons (Fsp3) is 0.593. The van der Waals surface area contributed by atoms with Gasteiger partial charge in [0.25, 0.3) is 17.7 Å². The maximum absolute atomic E-state index is 13.1. The van der Waals surface area contributed by atoms with Gasteiger partial charge in [0.1, 0.15) is 11.8 Å². The van der Waals surface area contributed by atoms with E-state index in [0.29, 0.717) is 59.5 Å². The minimum atomic E-state index is -1.09. The lowest BCUT2D eigenvalue weighted by Gasteiger charge is -2.27. The normalized spacial score (nSPS) is 16.5.